The number of unbranched alkanes of at least 4 members (excludes halogenated alkanes) is 1. The van der Waals surface area contributed by atoms with Gasteiger partial charge in [0.25, 0.3) is 0 Å². The van der Waals surface area contributed by atoms with Gasteiger partial charge >= 0.3 is 0 Å². The summed E-state index contributed by atoms with van der Waals surface area (Å²) in [6, 6.07) is -0.706. The summed E-state index contributed by atoms with van der Waals surface area (Å²) in [5.41, 5.74) is 0.198. The van der Waals surface area contributed by atoms with Crippen LogP contribution in [0.2, 0.25) is 0 Å². The van der Waals surface area contributed by atoms with Gasteiger partial charge in [0.1, 0.15) is 6.04 Å². The predicted octanol–water partition coefficient (Wildman–Crippen LogP) is 4.97. The van der Waals surface area contributed by atoms with Gasteiger partial charge in [-0.05, 0) is 63.5 Å². The van der Waals surface area contributed by atoms with Crippen molar-refractivity contribution >= 4 is 17.6 Å². The Morgan fingerprint density at radius 1 is 1.12 bits per heavy atom. The molecule has 6 nitrogen and oxygen atoms in total. The summed E-state index contributed by atoms with van der Waals surface area (Å²) in [6.45, 7) is 18.7. The second-order valence-electron chi connectivity index (χ2n) is 11.6. The Labute approximate surface area is 208 Å². The van der Waals surface area contributed by atoms with Crippen LogP contribution in [0.1, 0.15) is 101 Å². The fourth-order valence-electron chi connectivity index (χ4n) is 4.79. The molecule has 4 atom stereocenters. The maximum Gasteiger partial charge on any atom is 0.245 e. The van der Waals surface area contributed by atoms with Crippen LogP contribution in [0.4, 0.5) is 0 Å². The van der Waals surface area contributed by atoms with Crippen LogP contribution in [-0.2, 0) is 14.4 Å². The van der Waals surface area contributed by atoms with E-state index in [1.165, 1.54) is 0 Å². The first-order chi connectivity index (χ1) is 15.7. The summed E-state index contributed by atoms with van der Waals surface area (Å²) in [7, 11) is 1.78. The van der Waals surface area contributed by atoms with Crippen molar-refractivity contribution in [3.8, 4) is 0 Å². The van der Waals surface area contributed by atoms with Gasteiger partial charge in [0.2, 0.25) is 11.8 Å². The molecule has 6 heteroatoms. The molecule has 2 amide bonds. The number of hydrogen-bond acceptors (Lipinski definition) is 4. The fourth-order valence-corrected chi connectivity index (χ4v) is 4.79. The van der Waals surface area contributed by atoms with Crippen LogP contribution in [-0.4, -0.2) is 65.2 Å². The second-order valence-corrected chi connectivity index (χ2v) is 11.6. The van der Waals surface area contributed by atoms with Crippen molar-refractivity contribution in [2.45, 2.75) is 125 Å². The van der Waals surface area contributed by atoms with Gasteiger partial charge in [0, 0.05) is 13.1 Å². The van der Waals surface area contributed by atoms with E-state index >= 15 is 0 Å². The molecule has 34 heavy (non-hydrogen) atoms. The van der Waals surface area contributed by atoms with Crippen LogP contribution in [0.3, 0.4) is 0 Å². The number of rotatable bonds is 11. The lowest BCUT2D eigenvalue weighted by atomic mass is 9.84. The lowest BCUT2D eigenvalue weighted by molar-refractivity contribution is -0.142. The molecule has 0 spiro atoms. The molecule has 4 unspecified atom stereocenters. The average Bonchev–Trinajstić information content (AvgIpc) is 2.76. The highest BCUT2D eigenvalue weighted by molar-refractivity contribution is 5.93. The van der Waals surface area contributed by atoms with E-state index < -0.39 is 11.5 Å². The lowest BCUT2D eigenvalue weighted by Gasteiger charge is -2.41. The number of nitrogens with zero attached hydrogens (tertiary/aromatic N) is 2. The van der Waals surface area contributed by atoms with E-state index in [4.69, 9.17) is 0 Å². The van der Waals surface area contributed by atoms with E-state index in [0.717, 1.165) is 45.1 Å². The number of likely N-dealkylation sites (N-methyl/N-ethyl adjacent to an activating group) is 1. The first kappa shape index (κ1) is 30.3. The molecule has 196 valence electrons. The zero-order chi connectivity index (χ0) is 26.2. The predicted molar refractivity (Wildman–Crippen MR) is 141 cm³/mol. The molecule has 1 N–H and O–H groups in total. The van der Waals surface area contributed by atoms with Crippen LogP contribution in [0.5, 0.6) is 0 Å². The Morgan fingerprint density at radius 3 is 2.24 bits per heavy atom. The van der Waals surface area contributed by atoms with Crippen LogP contribution in [0, 0.1) is 11.3 Å². The SMILES string of the molecule is CCCCC(C)N1CCCCC1C(=O)NC(C(=O)N(C)C(/C=C(\C)C(C)=O)C(C)C)C(C)(C)C. The molecule has 1 saturated heterocycles. The van der Waals surface area contributed by atoms with E-state index in [1.54, 1.807) is 25.8 Å². The van der Waals surface area contributed by atoms with Gasteiger partial charge < -0.3 is 10.2 Å². The Morgan fingerprint density at radius 2 is 1.74 bits per heavy atom. The molecule has 0 aromatic rings. The number of carbonyl (C=O) groups excluding carboxylic acids is 3. The van der Waals surface area contributed by atoms with E-state index in [0.29, 0.717) is 11.6 Å². The Balaban J connectivity index is 3.14. The maximum atomic E-state index is 13.7. The molecular weight excluding hydrogens is 426 g/mol. The van der Waals surface area contributed by atoms with E-state index in [-0.39, 0.29) is 35.6 Å². The number of allylic oxidation sites excluding steroid dienone is 1. The summed E-state index contributed by atoms with van der Waals surface area (Å²) in [5, 5.41) is 3.16. The van der Waals surface area contributed by atoms with E-state index in [1.807, 2.05) is 40.7 Å². The molecule has 1 aliphatic heterocycles. The van der Waals surface area contributed by atoms with Gasteiger partial charge in [-0.25, -0.2) is 0 Å². The Hall–Kier alpha value is -1.69. The zero-order valence-corrected chi connectivity index (χ0v) is 23.5. The minimum absolute atomic E-state index is 0.00163. The van der Waals surface area contributed by atoms with Gasteiger partial charge in [-0.3, -0.25) is 19.3 Å². The van der Waals surface area contributed by atoms with Crippen molar-refractivity contribution in [1.29, 1.82) is 0 Å². The van der Waals surface area contributed by atoms with Crippen molar-refractivity contribution in [3.05, 3.63) is 11.6 Å². The molecule has 0 bridgehead atoms. The topological polar surface area (TPSA) is 69.7 Å². The van der Waals surface area contributed by atoms with E-state index in [2.05, 4.69) is 24.1 Å². The smallest absolute Gasteiger partial charge is 0.245 e. The normalized spacial score (nSPS) is 20.6. The van der Waals surface area contributed by atoms with Crippen LogP contribution >= 0.6 is 0 Å². The summed E-state index contributed by atoms with van der Waals surface area (Å²) in [6.07, 6.45) is 8.25. The molecule has 0 aromatic carbocycles. The molecule has 0 aliphatic carbocycles. The zero-order valence-electron chi connectivity index (χ0n) is 23.5. The number of Topliss-reactive ketones (excluding diaryl/α,β-unsaturated/α-hetero) is 1. The quantitative estimate of drug-likeness (QED) is 0.427. The molecule has 0 aromatic heterocycles. The molecule has 1 fully saturated rings. The first-order valence-corrected chi connectivity index (χ1v) is 13.2. The Kier molecular flexibility index (Phi) is 12.0. The summed E-state index contributed by atoms with van der Waals surface area (Å²) in [5.74, 6) is -0.0237. The number of hydrogen-bond donors (Lipinski definition) is 1. The minimum atomic E-state index is -0.646. The third-order valence-corrected chi connectivity index (χ3v) is 7.24. The maximum absolute atomic E-state index is 13.7. The fraction of sp³-hybridized carbons (Fsp3) is 0.821. The van der Waals surface area contributed by atoms with E-state index in [9.17, 15) is 14.4 Å². The van der Waals surface area contributed by atoms with Crippen LogP contribution in [0.25, 0.3) is 0 Å². The molecule has 0 radical (unpaired) electrons. The summed E-state index contributed by atoms with van der Waals surface area (Å²) in [4.78, 5) is 43.2. The number of likely N-dealkylation sites (tertiary alicyclic amines) is 1. The molecular formula is C28H51N3O3. The highest BCUT2D eigenvalue weighted by atomic mass is 16.2. The van der Waals surface area contributed by atoms with Crippen molar-refractivity contribution in [3.63, 3.8) is 0 Å². The van der Waals surface area contributed by atoms with Gasteiger partial charge in [-0.1, -0.05) is 66.9 Å². The lowest BCUT2D eigenvalue weighted by Crippen LogP contribution is -2.60. The number of piperidine rings is 1. The average molecular weight is 478 g/mol. The van der Waals surface area contributed by atoms with Crippen molar-refractivity contribution in [2.75, 3.05) is 13.6 Å². The van der Waals surface area contributed by atoms with Gasteiger partial charge in [0.05, 0.1) is 12.1 Å². The Bertz CT molecular complexity index is 723. The number of nitrogens with one attached hydrogen (secondary N) is 1. The van der Waals surface area contributed by atoms with Crippen molar-refractivity contribution in [2.24, 2.45) is 11.3 Å². The van der Waals surface area contributed by atoms with Crippen molar-refractivity contribution < 1.29 is 14.4 Å². The summed E-state index contributed by atoms with van der Waals surface area (Å²) < 4.78 is 0. The molecule has 1 heterocycles. The van der Waals surface area contributed by atoms with Gasteiger partial charge in [-0.15, -0.1) is 0 Å². The van der Waals surface area contributed by atoms with Gasteiger partial charge in [0.15, 0.2) is 5.78 Å². The van der Waals surface area contributed by atoms with Gasteiger partial charge in [-0.2, -0.15) is 0 Å². The summed E-state index contributed by atoms with van der Waals surface area (Å²) >= 11 is 0. The molecule has 0 saturated carbocycles. The van der Waals surface area contributed by atoms with Crippen LogP contribution < -0.4 is 5.32 Å². The second kappa shape index (κ2) is 13.4. The number of amides is 2. The minimum Gasteiger partial charge on any atom is -0.342 e. The third kappa shape index (κ3) is 8.51. The standard InChI is InChI=1S/C28H51N3O3/c1-11-12-15-21(5)31-17-14-13-16-23(31)26(33)29-25(28(7,8)9)27(34)30(10)24(19(2)3)18-20(4)22(6)32/h18-19,21,23-25H,11-17H2,1-10H3,(H,29,33)/b20-18+. The van der Waals surface area contributed by atoms with Crippen molar-refractivity contribution in [1.82, 2.24) is 15.1 Å². The number of ketones is 1. The van der Waals surface area contributed by atoms with Crippen LogP contribution in [0.15, 0.2) is 11.6 Å². The monoisotopic (exact) mass is 477 g/mol. The number of carbonyl (C=O) groups is 3. The molecule has 1 aliphatic rings. The third-order valence-electron chi connectivity index (χ3n) is 7.24. The highest BCUT2D eigenvalue weighted by Crippen LogP contribution is 2.26. The molecule has 1 rings (SSSR count). The highest BCUT2D eigenvalue weighted by Gasteiger charge is 2.40. The first-order valence-electron chi connectivity index (χ1n) is 13.2. The largest absolute Gasteiger partial charge is 0.342 e.